The molecule has 33 heavy (non-hydrogen) atoms. The maximum atomic E-state index is 13.4. The minimum Gasteiger partial charge on any atom is -0.507 e. The number of aliphatic hydroxyl groups is 1. The summed E-state index contributed by atoms with van der Waals surface area (Å²) in [4.78, 5) is 32.2. The first-order chi connectivity index (χ1) is 15.8. The predicted octanol–water partition coefficient (Wildman–Crippen LogP) is 6.48. The van der Waals surface area contributed by atoms with Crippen molar-refractivity contribution in [2.75, 3.05) is 4.90 Å². The number of hydrogen-bond acceptors (Lipinski definition) is 5. The number of ketones is 1. The zero-order chi connectivity index (χ0) is 23.3. The van der Waals surface area contributed by atoms with Gasteiger partial charge >= 0.3 is 5.91 Å². The van der Waals surface area contributed by atoms with Crippen LogP contribution in [0.3, 0.4) is 0 Å². The van der Waals surface area contributed by atoms with Crippen LogP contribution in [0.5, 0.6) is 0 Å². The highest BCUT2D eigenvalue weighted by Gasteiger charge is 2.48. The summed E-state index contributed by atoms with van der Waals surface area (Å²) in [5.74, 6) is -2.52. The zero-order valence-electron chi connectivity index (χ0n) is 16.6. The van der Waals surface area contributed by atoms with Gasteiger partial charge in [0.1, 0.15) is 11.6 Å². The lowest BCUT2D eigenvalue weighted by Gasteiger charge is -2.23. The molecule has 0 aliphatic carbocycles. The van der Waals surface area contributed by atoms with Crippen molar-refractivity contribution in [2.45, 2.75) is 6.04 Å². The van der Waals surface area contributed by atoms with Crippen molar-refractivity contribution in [1.29, 1.82) is 0 Å². The van der Waals surface area contributed by atoms with Gasteiger partial charge < -0.3 is 5.11 Å². The first-order valence-corrected chi connectivity index (χ1v) is 11.7. The number of hydrogen-bond donors (Lipinski definition) is 1. The second-order valence-corrected chi connectivity index (χ2v) is 9.70. The molecule has 1 saturated heterocycles. The summed E-state index contributed by atoms with van der Waals surface area (Å²) < 4.78 is 15.0. The van der Waals surface area contributed by atoms with Gasteiger partial charge in [0, 0.05) is 15.1 Å². The molecule has 1 amide bonds. The van der Waals surface area contributed by atoms with Crippen LogP contribution < -0.4 is 4.90 Å². The second-order valence-electron chi connectivity index (χ2n) is 7.34. The van der Waals surface area contributed by atoms with Crippen LogP contribution in [0, 0.1) is 5.82 Å². The Balaban J connectivity index is 1.73. The lowest BCUT2D eigenvalue weighted by molar-refractivity contribution is -0.132. The van der Waals surface area contributed by atoms with Crippen molar-refractivity contribution >= 4 is 71.7 Å². The molecule has 5 nitrogen and oxygen atoms in total. The van der Waals surface area contributed by atoms with Crippen molar-refractivity contribution < 1.29 is 19.1 Å². The van der Waals surface area contributed by atoms with Crippen molar-refractivity contribution in [3.8, 4) is 0 Å². The van der Waals surface area contributed by atoms with Crippen molar-refractivity contribution in [3.05, 3.63) is 98.7 Å². The summed E-state index contributed by atoms with van der Waals surface area (Å²) in [6.07, 6.45) is 0. The summed E-state index contributed by atoms with van der Waals surface area (Å²) in [7, 11) is 0. The van der Waals surface area contributed by atoms with Gasteiger partial charge in [-0.05, 0) is 60.2 Å². The highest BCUT2D eigenvalue weighted by Crippen LogP contribution is 2.44. The average molecular weight is 544 g/mol. The Kier molecular flexibility index (Phi) is 5.52. The fourth-order valence-corrected chi connectivity index (χ4v) is 5.28. The van der Waals surface area contributed by atoms with Crippen LogP contribution in [0.2, 0.25) is 5.02 Å². The van der Waals surface area contributed by atoms with Crippen molar-refractivity contribution in [1.82, 2.24) is 4.98 Å². The van der Waals surface area contributed by atoms with E-state index in [0.29, 0.717) is 21.2 Å². The Bertz CT molecular complexity index is 1450. The van der Waals surface area contributed by atoms with Crippen molar-refractivity contribution in [3.63, 3.8) is 0 Å². The summed E-state index contributed by atoms with van der Waals surface area (Å²) in [6, 6.07) is 16.4. The van der Waals surface area contributed by atoms with Crippen molar-refractivity contribution in [2.24, 2.45) is 0 Å². The molecule has 0 spiro atoms. The fourth-order valence-electron chi connectivity index (χ4n) is 3.74. The molecule has 9 heteroatoms. The van der Waals surface area contributed by atoms with E-state index in [1.54, 1.807) is 42.5 Å². The third-order valence-electron chi connectivity index (χ3n) is 5.29. The van der Waals surface area contributed by atoms with E-state index in [0.717, 1.165) is 9.17 Å². The SMILES string of the molecule is O=C1C(=O)N(c2nc3ccc(Cl)cc3s2)C(c2ccc(Br)cc2)/C1=C(\O)c1ccc(F)cc1. The number of nitrogens with zero attached hydrogens (tertiary/aromatic N) is 2. The Morgan fingerprint density at radius 2 is 1.76 bits per heavy atom. The lowest BCUT2D eigenvalue weighted by atomic mass is 9.95. The minimum atomic E-state index is -0.917. The molecule has 164 valence electrons. The molecule has 1 aliphatic heterocycles. The number of benzene rings is 3. The number of aliphatic hydroxyl groups excluding tert-OH is 1. The number of amides is 1. The molecule has 4 aromatic rings. The van der Waals surface area contributed by atoms with Gasteiger partial charge in [0.2, 0.25) is 0 Å². The molecule has 1 fully saturated rings. The number of halogens is 3. The van der Waals surface area contributed by atoms with E-state index in [2.05, 4.69) is 20.9 Å². The molecule has 1 aromatic heterocycles. The maximum absolute atomic E-state index is 13.4. The number of Topliss-reactive ketones (excluding diaryl/α,β-unsaturated/α-hetero) is 1. The average Bonchev–Trinajstić information content (AvgIpc) is 3.32. The van der Waals surface area contributed by atoms with Gasteiger partial charge in [0.15, 0.2) is 5.13 Å². The Labute approximate surface area is 204 Å². The van der Waals surface area contributed by atoms with Gasteiger partial charge in [-0.2, -0.15) is 0 Å². The highest BCUT2D eigenvalue weighted by atomic mass is 79.9. The molecule has 1 N–H and O–H groups in total. The molecule has 1 unspecified atom stereocenters. The first-order valence-electron chi connectivity index (χ1n) is 9.72. The number of aromatic nitrogens is 1. The second kappa shape index (κ2) is 8.37. The van der Waals surface area contributed by atoms with E-state index >= 15 is 0 Å². The number of anilines is 1. The quantitative estimate of drug-likeness (QED) is 0.182. The molecule has 0 bridgehead atoms. The molecule has 2 heterocycles. The molecule has 0 saturated carbocycles. The smallest absolute Gasteiger partial charge is 0.301 e. The zero-order valence-corrected chi connectivity index (χ0v) is 19.8. The summed E-state index contributed by atoms with van der Waals surface area (Å²) in [5, 5.41) is 11.9. The van der Waals surface area contributed by atoms with Crippen LogP contribution in [-0.2, 0) is 9.59 Å². The van der Waals surface area contributed by atoms with Gasteiger partial charge in [0.25, 0.3) is 5.78 Å². The highest BCUT2D eigenvalue weighted by molar-refractivity contribution is 9.10. The van der Waals surface area contributed by atoms with E-state index in [4.69, 9.17) is 11.6 Å². The van der Waals surface area contributed by atoms with Crippen LogP contribution in [0.4, 0.5) is 9.52 Å². The topological polar surface area (TPSA) is 70.5 Å². The normalized spacial score (nSPS) is 17.8. The van der Waals surface area contributed by atoms with E-state index in [-0.39, 0.29) is 16.9 Å². The van der Waals surface area contributed by atoms with E-state index in [1.807, 2.05) is 0 Å². The van der Waals surface area contributed by atoms with Gasteiger partial charge in [0.05, 0.1) is 21.8 Å². The Morgan fingerprint density at radius 3 is 2.45 bits per heavy atom. The molecule has 3 aromatic carbocycles. The van der Waals surface area contributed by atoms with Gasteiger partial charge in [-0.1, -0.05) is 51.0 Å². The van der Waals surface area contributed by atoms with Gasteiger partial charge in [-0.15, -0.1) is 0 Å². The predicted molar refractivity (Wildman–Crippen MR) is 130 cm³/mol. The lowest BCUT2D eigenvalue weighted by Crippen LogP contribution is -2.29. The van der Waals surface area contributed by atoms with Crippen LogP contribution >= 0.6 is 38.9 Å². The van der Waals surface area contributed by atoms with E-state index in [1.165, 1.54) is 40.5 Å². The van der Waals surface area contributed by atoms with E-state index in [9.17, 15) is 19.1 Å². The largest absolute Gasteiger partial charge is 0.507 e. The maximum Gasteiger partial charge on any atom is 0.301 e. The molecule has 5 rings (SSSR count). The standard InChI is InChI=1S/C24H13BrClFN2O3S/c25-14-5-1-12(2-6-14)20-19(21(30)13-3-8-16(27)9-4-13)22(31)23(32)29(20)24-28-17-10-7-15(26)11-18(17)33-24/h1-11,20,30H/b21-19+. The van der Waals surface area contributed by atoms with Crippen LogP contribution in [-0.4, -0.2) is 21.8 Å². The molecular formula is C24H13BrClFN2O3S. The number of rotatable bonds is 3. The molecule has 1 atom stereocenters. The number of carbonyl (C=O) groups excluding carboxylic acids is 2. The molecular weight excluding hydrogens is 531 g/mol. The molecule has 0 radical (unpaired) electrons. The Morgan fingerprint density at radius 1 is 1.06 bits per heavy atom. The van der Waals surface area contributed by atoms with Gasteiger partial charge in [-0.25, -0.2) is 9.37 Å². The summed E-state index contributed by atoms with van der Waals surface area (Å²) in [6.45, 7) is 0. The third-order valence-corrected chi connectivity index (χ3v) is 7.07. The summed E-state index contributed by atoms with van der Waals surface area (Å²) >= 11 is 10.7. The minimum absolute atomic E-state index is 0.0915. The molecule has 1 aliphatic rings. The van der Waals surface area contributed by atoms with Crippen LogP contribution in [0.1, 0.15) is 17.2 Å². The van der Waals surface area contributed by atoms with Crippen LogP contribution in [0.15, 0.2) is 76.8 Å². The number of carbonyl (C=O) groups is 2. The van der Waals surface area contributed by atoms with Gasteiger partial charge in [-0.3, -0.25) is 14.5 Å². The first kappa shape index (κ1) is 21.8. The van der Waals surface area contributed by atoms with E-state index < -0.39 is 23.5 Å². The third kappa shape index (κ3) is 3.84. The fraction of sp³-hybridized carbons (Fsp3) is 0.0417. The summed E-state index contributed by atoms with van der Waals surface area (Å²) in [5.41, 5.74) is 1.38. The Hall–Kier alpha value is -3.07. The van der Waals surface area contributed by atoms with Crippen LogP contribution in [0.25, 0.3) is 16.0 Å². The monoisotopic (exact) mass is 542 g/mol. The number of fused-ring (bicyclic) bond motifs is 1. The number of thiazole rings is 1.